The van der Waals surface area contributed by atoms with Crippen LogP contribution in [0.15, 0.2) is 72.4 Å². The molecule has 5 heteroatoms. The molecule has 5 nitrogen and oxygen atoms in total. The highest BCUT2D eigenvalue weighted by atomic mass is 16.5. The third kappa shape index (κ3) is 6.71. The fourth-order valence-corrected chi connectivity index (χ4v) is 3.97. The van der Waals surface area contributed by atoms with Gasteiger partial charge in [-0.05, 0) is 37.4 Å². The monoisotopic (exact) mass is 407 g/mol. The molecule has 2 aromatic carbocycles. The smallest absolute Gasteiger partial charge is 0.332 e. The van der Waals surface area contributed by atoms with Gasteiger partial charge in [-0.1, -0.05) is 60.7 Å². The van der Waals surface area contributed by atoms with Gasteiger partial charge in [-0.15, -0.1) is 0 Å². The van der Waals surface area contributed by atoms with Crippen LogP contribution in [0, 0.1) is 0 Å². The van der Waals surface area contributed by atoms with Crippen molar-refractivity contribution in [1.82, 2.24) is 9.80 Å². The summed E-state index contributed by atoms with van der Waals surface area (Å²) in [6.45, 7) is 7.39. The first-order valence-corrected chi connectivity index (χ1v) is 10.8. The molecule has 0 aromatic heterocycles. The maximum atomic E-state index is 11.5. The van der Waals surface area contributed by atoms with Crippen LogP contribution in [-0.4, -0.2) is 55.1 Å². The van der Waals surface area contributed by atoms with Crippen LogP contribution in [0.1, 0.15) is 36.9 Å². The van der Waals surface area contributed by atoms with E-state index in [-0.39, 0.29) is 5.97 Å². The number of unbranched alkanes of at least 4 members (excludes halogenated alkanes) is 1. The normalized spacial score (nSPS) is 16.0. The minimum atomic E-state index is -0.350. The number of allylic oxidation sites excluding steroid dienone is 1. The first-order valence-electron chi connectivity index (χ1n) is 10.8. The van der Waals surface area contributed by atoms with E-state index in [9.17, 15) is 4.79 Å². The molecule has 0 saturated carbocycles. The molecule has 1 saturated heterocycles. The van der Waals surface area contributed by atoms with E-state index >= 15 is 0 Å². The molecule has 0 unspecified atom stereocenters. The molecular formula is C25H33N3O2. The molecule has 1 aliphatic heterocycles. The lowest BCUT2D eigenvalue weighted by Crippen LogP contribution is -2.48. The summed E-state index contributed by atoms with van der Waals surface area (Å²) < 4.78 is 5.17. The van der Waals surface area contributed by atoms with Gasteiger partial charge in [0.1, 0.15) is 0 Å². The molecule has 0 radical (unpaired) electrons. The van der Waals surface area contributed by atoms with Gasteiger partial charge >= 0.3 is 5.97 Å². The highest BCUT2D eigenvalue weighted by Crippen LogP contribution is 2.29. The van der Waals surface area contributed by atoms with Crippen LogP contribution in [0.3, 0.4) is 0 Å². The lowest BCUT2D eigenvalue weighted by Gasteiger charge is -2.39. The second-order valence-electron chi connectivity index (χ2n) is 7.86. The Bertz CT molecular complexity index is 756. The van der Waals surface area contributed by atoms with Crippen LogP contribution in [0.25, 0.3) is 0 Å². The third-order valence-corrected chi connectivity index (χ3v) is 5.46. The second-order valence-corrected chi connectivity index (χ2v) is 7.86. The number of hydrogen-bond donors (Lipinski definition) is 1. The summed E-state index contributed by atoms with van der Waals surface area (Å²) in [5, 5.41) is 0. The van der Waals surface area contributed by atoms with Crippen molar-refractivity contribution in [2.75, 3.05) is 39.3 Å². The lowest BCUT2D eigenvalue weighted by molar-refractivity contribution is -0.137. The topological polar surface area (TPSA) is 58.8 Å². The Morgan fingerprint density at radius 1 is 0.967 bits per heavy atom. The molecule has 3 rings (SSSR count). The fraction of sp³-hybridized carbons (Fsp3) is 0.400. The molecule has 0 amide bonds. The van der Waals surface area contributed by atoms with Crippen molar-refractivity contribution in [2.45, 2.75) is 25.8 Å². The molecule has 2 aromatic rings. The van der Waals surface area contributed by atoms with Gasteiger partial charge in [0.15, 0.2) is 0 Å². The van der Waals surface area contributed by atoms with Gasteiger partial charge in [-0.25, -0.2) is 4.79 Å². The van der Waals surface area contributed by atoms with Gasteiger partial charge in [-0.2, -0.15) is 0 Å². The Labute approximate surface area is 180 Å². The summed E-state index contributed by atoms with van der Waals surface area (Å²) in [6, 6.07) is 21.9. The van der Waals surface area contributed by atoms with Gasteiger partial charge in [-0.3, -0.25) is 4.90 Å². The Morgan fingerprint density at radius 2 is 1.53 bits per heavy atom. The number of nitrogens with two attached hydrogens (primary N) is 1. The standard InChI is InChI=1S/C25H33N3O2/c1-21(26)20-24(29)30-19-9-8-14-27-15-17-28(18-16-27)25(22-10-4-2-5-11-22)23-12-6-3-7-13-23/h2-7,10-13,20,25H,8-9,14-19,26H2,1H3/b21-20-. The number of hydrogen-bond acceptors (Lipinski definition) is 5. The van der Waals surface area contributed by atoms with E-state index in [1.54, 1.807) is 6.92 Å². The molecular weight excluding hydrogens is 374 g/mol. The van der Waals surface area contributed by atoms with E-state index in [2.05, 4.69) is 70.5 Å². The van der Waals surface area contributed by atoms with Crippen molar-refractivity contribution in [1.29, 1.82) is 0 Å². The highest BCUT2D eigenvalue weighted by Gasteiger charge is 2.26. The molecule has 0 spiro atoms. The summed E-state index contributed by atoms with van der Waals surface area (Å²) in [4.78, 5) is 16.6. The Kier molecular flexibility index (Phi) is 8.48. The van der Waals surface area contributed by atoms with Crippen molar-refractivity contribution in [2.24, 2.45) is 5.73 Å². The van der Waals surface area contributed by atoms with Crippen molar-refractivity contribution in [3.05, 3.63) is 83.6 Å². The maximum absolute atomic E-state index is 11.5. The van der Waals surface area contributed by atoms with Crippen molar-refractivity contribution >= 4 is 5.97 Å². The van der Waals surface area contributed by atoms with E-state index in [0.29, 0.717) is 18.3 Å². The van der Waals surface area contributed by atoms with E-state index in [1.807, 2.05) is 0 Å². The molecule has 0 aliphatic carbocycles. The number of piperazine rings is 1. The van der Waals surface area contributed by atoms with Gasteiger partial charge in [0.05, 0.1) is 12.6 Å². The van der Waals surface area contributed by atoms with E-state index in [0.717, 1.165) is 45.6 Å². The summed E-state index contributed by atoms with van der Waals surface area (Å²) in [6.07, 6.45) is 3.23. The van der Waals surface area contributed by atoms with Crippen molar-refractivity contribution < 1.29 is 9.53 Å². The molecule has 1 aliphatic rings. The van der Waals surface area contributed by atoms with Crippen LogP contribution in [0.4, 0.5) is 0 Å². The van der Waals surface area contributed by atoms with Crippen LogP contribution < -0.4 is 5.73 Å². The zero-order valence-corrected chi connectivity index (χ0v) is 17.9. The Balaban J connectivity index is 1.46. The minimum Gasteiger partial charge on any atom is -0.462 e. The maximum Gasteiger partial charge on any atom is 0.332 e. The van der Waals surface area contributed by atoms with Gasteiger partial charge in [0.25, 0.3) is 0 Å². The fourth-order valence-electron chi connectivity index (χ4n) is 3.97. The predicted octanol–water partition coefficient (Wildman–Crippen LogP) is 3.58. The largest absolute Gasteiger partial charge is 0.462 e. The SMILES string of the molecule is C/C(N)=C/C(=O)OCCCCN1CCN(C(c2ccccc2)c2ccccc2)CC1. The number of esters is 1. The molecule has 30 heavy (non-hydrogen) atoms. The van der Waals surface area contributed by atoms with Crippen LogP contribution >= 0.6 is 0 Å². The summed E-state index contributed by atoms with van der Waals surface area (Å²) >= 11 is 0. The van der Waals surface area contributed by atoms with Crippen LogP contribution in [0.5, 0.6) is 0 Å². The molecule has 1 heterocycles. The second kappa shape index (κ2) is 11.5. The van der Waals surface area contributed by atoms with Crippen molar-refractivity contribution in [3.63, 3.8) is 0 Å². The summed E-state index contributed by atoms with van der Waals surface area (Å²) in [7, 11) is 0. The first kappa shape index (κ1) is 22.1. The van der Waals surface area contributed by atoms with Gasteiger partial charge < -0.3 is 15.4 Å². The zero-order chi connectivity index (χ0) is 21.2. The molecule has 0 bridgehead atoms. The molecule has 0 atom stereocenters. The number of carbonyl (C=O) groups is 1. The minimum absolute atomic E-state index is 0.299. The Hall–Kier alpha value is -2.63. The average molecular weight is 408 g/mol. The average Bonchev–Trinajstić information content (AvgIpc) is 2.76. The number of nitrogens with zero attached hydrogens (tertiary/aromatic N) is 2. The summed E-state index contributed by atoms with van der Waals surface area (Å²) in [5.74, 6) is -0.350. The predicted molar refractivity (Wildman–Crippen MR) is 121 cm³/mol. The van der Waals surface area contributed by atoms with Crippen LogP contribution in [0.2, 0.25) is 0 Å². The number of benzene rings is 2. The van der Waals surface area contributed by atoms with Crippen molar-refractivity contribution in [3.8, 4) is 0 Å². The lowest BCUT2D eigenvalue weighted by atomic mass is 9.96. The number of carbonyl (C=O) groups excluding carboxylic acids is 1. The van der Waals surface area contributed by atoms with E-state index < -0.39 is 0 Å². The first-order chi connectivity index (χ1) is 14.6. The summed E-state index contributed by atoms with van der Waals surface area (Å²) in [5.41, 5.74) is 8.65. The van der Waals surface area contributed by atoms with Gasteiger partial charge in [0.2, 0.25) is 0 Å². The molecule has 160 valence electrons. The molecule has 2 N–H and O–H groups in total. The quantitative estimate of drug-likeness (QED) is 0.391. The number of ether oxygens (including phenoxy) is 1. The van der Waals surface area contributed by atoms with E-state index in [1.165, 1.54) is 17.2 Å². The third-order valence-electron chi connectivity index (χ3n) is 5.46. The van der Waals surface area contributed by atoms with E-state index in [4.69, 9.17) is 10.5 Å². The van der Waals surface area contributed by atoms with Crippen LogP contribution in [-0.2, 0) is 9.53 Å². The Morgan fingerprint density at radius 3 is 2.07 bits per heavy atom. The van der Waals surface area contributed by atoms with Gasteiger partial charge in [0, 0.05) is 38.0 Å². The number of rotatable bonds is 9. The highest BCUT2D eigenvalue weighted by molar-refractivity contribution is 5.82. The molecule has 1 fully saturated rings. The zero-order valence-electron chi connectivity index (χ0n) is 17.9.